The first-order valence-electron chi connectivity index (χ1n) is 34.4. The van der Waals surface area contributed by atoms with E-state index in [1.807, 2.05) is 4.98 Å². The molecule has 0 unspecified atom stereocenters. The van der Waals surface area contributed by atoms with Crippen molar-refractivity contribution in [1.82, 2.24) is 19.4 Å². The van der Waals surface area contributed by atoms with E-state index in [2.05, 4.69) is 0 Å². The van der Waals surface area contributed by atoms with E-state index in [1.165, 1.54) is 19.2 Å². The summed E-state index contributed by atoms with van der Waals surface area (Å²) in [5, 5.41) is 1.45. The van der Waals surface area contributed by atoms with Crippen molar-refractivity contribution in [2.45, 2.75) is 177 Å². The van der Waals surface area contributed by atoms with E-state index in [1.54, 1.807) is 93.6 Å². The number of ketones is 2. The van der Waals surface area contributed by atoms with Gasteiger partial charge in [-0.25, -0.2) is 36.5 Å². The van der Waals surface area contributed by atoms with E-state index in [0.717, 1.165) is 58.3 Å². The minimum Gasteiger partial charge on any atom is -0.455 e. The number of hydrogen-bond donors (Lipinski definition) is 2. The Balaban J connectivity index is 0.000000174. The number of nitrogens with zero attached hydrogens (tertiary/aromatic N) is 3. The first-order chi connectivity index (χ1) is 51.6. The van der Waals surface area contributed by atoms with Crippen molar-refractivity contribution in [2.24, 2.45) is 5.73 Å². The van der Waals surface area contributed by atoms with E-state index in [0.29, 0.717) is 45.5 Å². The van der Waals surface area contributed by atoms with Gasteiger partial charge in [-0.05, 0) is 106 Å². The third-order valence-corrected chi connectivity index (χ3v) is 23.2. The van der Waals surface area contributed by atoms with E-state index in [-0.39, 0.29) is 58.3 Å². The molecule has 0 bridgehead atoms. The summed E-state index contributed by atoms with van der Waals surface area (Å²) in [7, 11) is -12.3. The number of carbonyl (C=O) groups excluding carboxylic acids is 6. The number of ether oxygens (including phenoxy) is 7. The minimum absolute atomic E-state index is 0.0305. The van der Waals surface area contributed by atoms with Crippen LogP contribution in [0.15, 0.2) is 119 Å². The number of carbonyl (C=O) groups is 6. The molecule has 41 heteroatoms. The van der Waals surface area contributed by atoms with Gasteiger partial charge in [-0.1, -0.05) is 78.1 Å². The molecule has 1 aromatic heterocycles. The van der Waals surface area contributed by atoms with Crippen LogP contribution in [-0.4, -0.2) is 180 Å². The summed E-state index contributed by atoms with van der Waals surface area (Å²) in [4.78, 5) is 100. The Morgan fingerprint density at radius 3 is 1.36 bits per heavy atom. The number of allylic oxidation sites excluding steroid dienone is 2. The van der Waals surface area contributed by atoms with E-state index in [9.17, 15) is 52.1 Å². The number of nitrogens with two attached hydrogens (primary N) is 1. The molecule has 32 nitrogen and oxygen atoms in total. The fourth-order valence-corrected chi connectivity index (χ4v) is 17.4. The molecule has 0 radical (unpaired) electrons. The summed E-state index contributed by atoms with van der Waals surface area (Å²) >= 11 is 18.1. The summed E-state index contributed by atoms with van der Waals surface area (Å²) in [6.07, 6.45) is -9.45. The van der Waals surface area contributed by atoms with Crippen LogP contribution in [0.4, 0.5) is 18.0 Å². The highest BCUT2D eigenvalue weighted by atomic mass is 35.5. The zero-order valence-electron chi connectivity index (χ0n) is 59.3. The quantitative estimate of drug-likeness (QED) is 0.0419. The summed E-state index contributed by atoms with van der Waals surface area (Å²) in [5.74, 6) is -3.01. The Labute approximate surface area is 637 Å². The number of aromatic nitrogens is 2. The lowest BCUT2D eigenvalue weighted by atomic mass is 9.97. The molecule has 0 aliphatic carbocycles. The van der Waals surface area contributed by atoms with Crippen molar-refractivity contribution in [3.05, 3.63) is 162 Å². The maximum Gasteiger partial charge on any atom is 0.508 e. The molecule has 3 aromatic carbocycles. The van der Waals surface area contributed by atoms with Crippen molar-refractivity contribution < 1.29 is 130 Å². The SMILES string of the molecule is CCOC(=O)O[C@@H]1[C@@H](CO[P@@]2(=O)OCC[C@@H](c3cccc(Cl)c3)O2)O[C@@H](N2C=CC(=O)CC2=O)[C@]1(C)F.CCO[C@@H]1[C@@H](CO[P@@]2(=O)OCC[C@@H](c3cccc(Cl)c3)O2)O[C@@H](N2C=CC(=O)CC2=O)[C@]1(C)F.CC[C@H](N)C(=O)O[C@@H]1[C@@H](CO[P@@]2(=O)OCC[C@@H](c3cccc(Cl)c3)O2)O[C@@H](n2ccc(=O)[nH]c2=O)[C@]1(C)F. The van der Waals surface area contributed by atoms with Gasteiger partial charge in [0.2, 0.25) is 11.8 Å². The molecule has 2 amide bonds. The molecule has 0 spiro atoms. The Hall–Kier alpha value is -6.37. The van der Waals surface area contributed by atoms with Crippen LogP contribution in [0.5, 0.6) is 0 Å². The molecule has 19 atom stereocenters. The number of rotatable bonds is 22. The van der Waals surface area contributed by atoms with Gasteiger partial charge >= 0.3 is 41.3 Å². The molecule has 0 saturated carbocycles. The molecule has 109 heavy (non-hydrogen) atoms. The van der Waals surface area contributed by atoms with Crippen molar-refractivity contribution in [2.75, 3.05) is 52.9 Å². The van der Waals surface area contributed by atoms with Gasteiger partial charge in [0.15, 0.2) is 59.5 Å². The van der Waals surface area contributed by atoms with Crippen LogP contribution in [0.25, 0.3) is 0 Å². The lowest BCUT2D eigenvalue weighted by molar-refractivity contribution is -0.160. The predicted molar refractivity (Wildman–Crippen MR) is 376 cm³/mol. The second-order valence-corrected chi connectivity index (χ2v) is 32.3. The van der Waals surface area contributed by atoms with Crippen LogP contribution >= 0.6 is 58.3 Å². The number of amides is 2. The van der Waals surface area contributed by atoms with Gasteiger partial charge in [-0.3, -0.25) is 88.8 Å². The molecule has 596 valence electrons. The molecule has 12 rings (SSSR count). The molecule has 8 aliphatic heterocycles. The number of phosphoric ester groups is 3. The molecule has 6 fully saturated rings. The zero-order chi connectivity index (χ0) is 79.0. The predicted octanol–water partition coefficient (Wildman–Crippen LogP) is 11.1. The third-order valence-electron chi connectivity index (χ3n) is 18.0. The maximum absolute atomic E-state index is 16.2. The average Bonchev–Trinajstić information content (AvgIpc) is 1.62. The van der Waals surface area contributed by atoms with Gasteiger partial charge in [0.1, 0.15) is 30.5 Å². The molecule has 3 N–H and O–H groups in total. The van der Waals surface area contributed by atoms with Gasteiger partial charge in [-0.2, -0.15) is 0 Å². The number of phosphoric acid groups is 3. The zero-order valence-corrected chi connectivity index (χ0v) is 64.3. The van der Waals surface area contributed by atoms with Gasteiger partial charge in [0.05, 0.1) is 77.4 Å². The number of halogens is 6. The Morgan fingerprint density at radius 1 is 0.578 bits per heavy atom. The monoisotopic (exact) mass is 1650 g/mol. The highest BCUT2D eigenvalue weighted by Gasteiger charge is 2.63. The number of H-pyrrole nitrogens is 1. The van der Waals surface area contributed by atoms with E-state index in [4.69, 9.17) is 114 Å². The van der Waals surface area contributed by atoms with Gasteiger partial charge < -0.3 is 38.9 Å². The number of esters is 1. The first kappa shape index (κ1) is 85.1. The molecule has 8 aliphatic rings. The number of alkyl halides is 3. The van der Waals surface area contributed by atoms with Crippen LogP contribution in [0.1, 0.15) is 121 Å². The normalized spacial score (nSPS) is 34.1. The van der Waals surface area contributed by atoms with E-state index >= 15 is 13.2 Å². The molecule has 6 saturated heterocycles. The Kier molecular flexibility index (Phi) is 28.2. The number of hydrogen-bond acceptors (Lipinski definition) is 28. The molecular formula is C68H80Cl3F3N5O27P3. The first-order valence-corrected chi connectivity index (χ1v) is 39.9. The topological polar surface area (TPSA) is 389 Å². The fraction of sp³-hybridized carbons (Fsp3) is 0.529. The molecule has 9 heterocycles. The van der Waals surface area contributed by atoms with Crippen molar-refractivity contribution in [1.29, 1.82) is 0 Å². The molecular weight excluding hydrogens is 1580 g/mol. The largest absolute Gasteiger partial charge is 0.508 e. The number of benzene rings is 3. The van der Waals surface area contributed by atoms with Crippen molar-refractivity contribution in [3.63, 3.8) is 0 Å². The van der Waals surface area contributed by atoms with Crippen LogP contribution in [-0.2, 0) is 112 Å². The van der Waals surface area contributed by atoms with E-state index < -0.39 is 181 Å². The molecule has 4 aromatic rings. The number of nitrogens with one attached hydrogen (secondary N) is 1. The summed E-state index contributed by atoms with van der Waals surface area (Å²) in [6, 6.07) is 20.6. The van der Waals surface area contributed by atoms with Crippen LogP contribution in [0.2, 0.25) is 15.1 Å². The second-order valence-electron chi connectivity index (χ2n) is 26.1. The van der Waals surface area contributed by atoms with Gasteiger partial charge in [0.25, 0.3) is 5.56 Å². The fourth-order valence-electron chi connectivity index (χ4n) is 12.6. The van der Waals surface area contributed by atoms with Crippen LogP contribution < -0.4 is 17.0 Å². The summed E-state index contributed by atoms with van der Waals surface area (Å²) < 4.78 is 176. The van der Waals surface area contributed by atoms with Crippen molar-refractivity contribution >= 4 is 93.8 Å². The lowest BCUT2D eigenvalue weighted by Crippen LogP contribution is -2.52. The maximum atomic E-state index is 16.2. The average molecular weight is 1660 g/mol. The summed E-state index contributed by atoms with van der Waals surface area (Å²) in [6.45, 7) is 7.08. The third kappa shape index (κ3) is 20.7. The van der Waals surface area contributed by atoms with Crippen LogP contribution in [0.3, 0.4) is 0 Å². The van der Waals surface area contributed by atoms with Crippen molar-refractivity contribution in [3.8, 4) is 0 Å². The highest BCUT2D eigenvalue weighted by Crippen LogP contribution is 2.61. The lowest BCUT2D eigenvalue weighted by Gasteiger charge is -2.33. The highest BCUT2D eigenvalue weighted by molar-refractivity contribution is 7.49. The van der Waals surface area contributed by atoms with Crippen LogP contribution in [0, 0.1) is 0 Å². The van der Waals surface area contributed by atoms with Gasteiger partial charge in [-0.15, -0.1) is 0 Å². The second kappa shape index (κ2) is 36.2. The Morgan fingerprint density at radius 2 is 0.972 bits per heavy atom. The smallest absolute Gasteiger partial charge is 0.455 e. The summed E-state index contributed by atoms with van der Waals surface area (Å²) in [5.41, 5.74) is -0.933. The number of aromatic amines is 1. The van der Waals surface area contributed by atoms with Gasteiger partial charge in [0, 0.05) is 65.6 Å². The minimum atomic E-state index is -4.16. The standard InChI is InChI=1S/C23H28ClFN3O9P.C23H26ClFNO10P.C22H26ClFNO8P/c1-3-15(26)20(30)36-19-17(35-21(23(19,2)25)28-9-7-18(29)27-22(28)31)12-34-38(32)33-10-8-16(37-38)13-5-4-6-14(24)11-13;1-3-31-22(29)35-20-18(34-21(23(20,2)25)26-9-7-16(27)12-19(26)28)13-33-37(30)32-10-8-17(36-37)14-5-4-6-15(24)11-14;1-3-29-20-18(32-21(22(20,2)24)25-9-7-16(26)12-19(25)27)13-31-34(28)30-10-8-17(33-34)14-5-4-6-15(23)11-14/h4-7,9,11,15-17,19,21H,3,8,10,12,26H2,1-2H3,(H,27,29,31);4-7,9,11,17-18,20-21H,3,8,10,12-13H2,1-2H3;4-7,9,11,17-18,20-21H,3,8,10,12-13H2,1-2H3/t15-,16-,17+,19+,21+,23+,38+;17-,18+,20+,21+,23+,37+;17-,18+,20+,21+,22+,34+/m000/s1. The Bertz CT molecular complexity index is 4330.